The Morgan fingerprint density at radius 1 is 1.50 bits per heavy atom. The molecule has 0 aromatic carbocycles. The Balaban J connectivity index is 2.00. The Bertz CT molecular complexity index is 443. The molecule has 0 saturated carbocycles. The third kappa shape index (κ3) is 0.954. The molecule has 1 unspecified atom stereocenters. The van der Waals surface area contributed by atoms with Crippen LogP contribution in [0.15, 0.2) is 22.0 Å². The zero-order valence-electron chi connectivity index (χ0n) is 9.89. The molecule has 2 fully saturated rings. The van der Waals surface area contributed by atoms with Crippen molar-refractivity contribution in [2.75, 3.05) is 0 Å². The highest BCUT2D eigenvalue weighted by molar-refractivity contribution is 8.01. The molecular weight excluding hydrogens is 222 g/mol. The van der Waals surface area contributed by atoms with Crippen molar-refractivity contribution in [3.8, 4) is 0 Å². The van der Waals surface area contributed by atoms with Crippen LogP contribution < -0.4 is 0 Å². The Morgan fingerprint density at radius 2 is 2.19 bits per heavy atom. The minimum Gasteiger partial charge on any atom is -0.321 e. The van der Waals surface area contributed by atoms with E-state index in [1.807, 2.05) is 29.7 Å². The number of carbonyl (C=O) groups excluding carboxylic acids is 1. The van der Waals surface area contributed by atoms with Crippen molar-refractivity contribution in [3.63, 3.8) is 0 Å². The summed E-state index contributed by atoms with van der Waals surface area (Å²) in [6, 6.07) is 0.269. The molecule has 2 saturated heterocycles. The number of hydrogen-bond donors (Lipinski definition) is 0. The number of nitrogens with zero attached hydrogens (tertiary/aromatic N) is 3. The first-order valence-electron chi connectivity index (χ1n) is 5.51. The number of rotatable bonds is 0. The van der Waals surface area contributed by atoms with Crippen LogP contribution in [-0.4, -0.2) is 32.5 Å². The van der Waals surface area contributed by atoms with Crippen LogP contribution in [0.1, 0.15) is 27.7 Å². The summed E-state index contributed by atoms with van der Waals surface area (Å²) < 4.78 is 0.101. The minimum atomic E-state index is -0.670. The molecule has 0 aromatic rings. The van der Waals surface area contributed by atoms with Gasteiger partial charge in [0.2, 0.25) is 5.54 Å². The number of allylic oxidation sites excluding steroid dienone is 1. The van der Waals surface area contributed by atoms with Gasteiger partial charge < -0.3 is 4.90 Å². The molecule has 3 rings (SSSR count). The minimum absolute atomic E-state index is 0.101. The SMILES string of the molecule is CC1=CC2(N=N1)C(=O)N1[C@@H](C)C(C)(C)S[C@@H]12. The molecule has 1 spiro atoms. The van der Waals surface area contributed by atoms with Crippen molar-refractivity contribution >= 4 is 17.7 Å². The number of fused-ring (bicyclic) bond motifs is 2. The van der Waals surface area contributed by atoms with E-state index >= 15 is 0 Å². The van der Waals surface area contributed by atoms with Crippen LogP contribution in [0.2, 0.25) is 0 Å². The van der Waals surface area contributed by atoms with Crippen LogP contribution in [0.5, 0.6) is 0 Å². The second-order valence-electron chi connectivity index (χ2n) is 5.27. The fourth-order valence-electron chi connectivity index (χ4n) is 2.57. The maximum absolute atomic E-state index is 12.2. The predicted molar refractivity (Wildman–Crippen MR) is 63.1 cm³/mol. The molecule has 0 bridgehead atoms. The third-order valence-electron chi connectivity index (χ3n) is 3.85. The highest BCUT2D eigenvalue weighted by Crippen LogP contribution is 2.57. The molecule has 5 heteroatoms. The third-order valence-corrected chi connectivity index (χ3v) is 5.61. The Hall–Kier alpha value is -0.840. The molecule has 16 heavy (non-hydrogen) atoms. The Kier molecular flexibility index (Phi) is 1.74. The summed E-state index contributed by atoms with van der Waals surface area (Å²) in [5.74, 6) is 0.115. The van der Waals surface area contributed by atoms with Gasteiger partial charge in [-0.25, -0.2) is 0 Å². The van der Waals surface area contributed by atoms with Gasteiger partial charge in [-0.15, -0.1) is 11.8 Å². The normalized spacial score (nSPS) is 43.6. The molecule has 3 heterocycles. The van der Waals surface area contributed by atoms with Crippen LogP contribution in [0.4, 0.5) is 0 Å². The Labute approximate surface area is 99.2 Å². The first kappa shape index (κ1) is 10.3. The van der Waals surface area contributed by atoms with Gasteiger partial charge in [-0.3, -0.25) is 4.79 Å². The van der Waals surface area contributed by atoms with E-state index in [0.717, 1.165) is 5.70 Å². The van der Waals surface area contributed by atoms with E-state index in [2.05, 4.69) is 31.0 Å². The maximum atomic E-state index is 12.2. The molecule has 4 nitrogen and oxygen atoms in total. The molecule has 0 radical (unpaired) electrons. The van der Waals surface area contributed by atoms with Crippen molar-refractivity contribution < 1.29 is 4.79 Å². The lowest BCUT2D eigenvalue weighted by Crippen LogP contribution is -2.69. The molecule has 3 aliphatic rings. The number of hydrogen-bond acceptors (Lipinski definition) is 4. The topological polar surface area (TPSA) is 45.0 Å². The van der Waals surface area contributed by atoms with E-state index in [1.165, 1.54) is 0 Å². The van der Waals surface area contributed by atoms with E-state index < -0.39 is 5.54 Å². The zero-order valence-corrected chi connectivity index (χ0v) is 10.7. The summed E-state index contributed by atoms with van der Waals surface area (Å²) in [5.41, 5.74) is 0.183. The highest BCUT2D eigenvalue weighted by Gasteiger charge is 2.69. The first-order chi connectivity index (χ1) is 7.38. The van der Waals surface area contributed by atoms with E-state index in [9.17, 15) is 4.79 Å². The maximum Gasteiger partial charge on any atom is 0.260 e. The van der Waals surface area contributed by atoms with Gasteiger partial charge >= 0.3 is 0 Å². The van der Waals surface area contributed by atoms with Gasteiger partial charge in [0.05, 0.1) is 5.70 Å². The lowest BCUT2D eigenvalue weighted by Gasteiger charge is -2.47. The van der Waals surface area contributed by atoms with Crippen molar-refractivity contribution in [3.05, 3.63) is 11.8 Å². The summed E-state index contributed by atoms with van der Waals surface area (Å²) >= 11 is 1.83. The summed E-state index contributed by atoms with van der Waals surface area (Å²) in [6.07, 6.45) is 1.91. The number of amides is 1. The number of carbonyl (C=O) groups is 1. The van der Waals surface area contributed by atoms with Gasteiger partial charge in [0.15, 0.2) is 0 Å². The van der Waals surface area contributed by atoms with Crippen LogP contribution >= 0.6 is 11.8 Å². The quantitative estimate of drug-likeness (QED) is 0.606. The molecule has 3 aliphatic heterocycles. The standard InChI is InChI=1S/C11H15N3OS/c1-6-5-11(13-12-6)8(15)14-7(2)10(3,4)16-9(11)14/h5,7,9H,1-4H3/t7-,9+,11?/m0/s1. The molecule has 0 aliphatic carbocycles. The second kappa shape index (κ2) is 2.70. The largest absolute Gasteiger partial charge is 0.321 e. The lowest BCUT2D eigenvalue weighted by molar-refractivity contribution is -0.151. The van der Waals surface area contributed by atoms with Gasteiger partial charge in [-0.2, -0.15) is 10.2 Å². The van der Waals surface area contributed by atoms with Gasteiger partial charge in [0.1, 0.15) is 5.37 Å². The lowest BCUT2D eigenvalue weighted by atomic mass is 9.85. The molecule has 0 N–H and O–H groups in total. The van der Waals surface area contributed by atoms with Gasteiger partial charge in [-0.1, -0.05) is 0 Å². The van der Waals surface area contributed by atoms with Crippen LogP contribution in [0.3, 0.4) is 0 Å². The summed E-state index contributed by atoms with van der Waals surface area (Å²) in [6.45, 7) is 8.37. The molecule has 1 amide bonds. The van der Waals surface area contributed by atoms with E-state index in [1.54, 1.807) is 0 Å². The monoisotopic (exact) mass is 237 g/mol. The van der Waals surface area contributed by atoms with Gasteiger partial charge in [0, 0.05) is 10.8 Å². The average Bonchev–Trinajstić information content (AvgIpc) is 2.69. The molecule has 0 aromatic heterocycles. The average molecular weight is 237 g/mol. The van der Waals surface area contributed by atoms with Crippen molar-refractivity contribution in [1.29, 1.82) is 0 Å². The number of azo groups is 1. The molecule has 3 atom stereocenters. The van der Waals surface area contributed by atoms with Gasteiger partial charge in [-0.05, 0) is 33.8 Å². The smallest absolute Gasteiger partial charge is 0.260 e. The summed E-state index contributed by atoms with van der Waals surface area (Å²) in [5, 5.41) is 8.36. The molecule has 86 valence electrons. The number of thioether (sulfide) groups is 1. The van der Waals surface area contributed by atoms with Crippen LogP contribution in [0.25, 0.3) is 0 Å². The Morgan fingerprint density at radius 3 is 2.75 bits per heavy atom. The van der Waals surface area contributed by atoms with Gasteiger partial charge in [0.25, 0.3) is 5.91 Å². The number of β-lactam (4-membered cyclic amide) rings is 1. The zero-order chi connectivity index (χ0) is 11.7. The summed E-state index contributed by atoms with van der Waals surface area (Å²) in [7, 11) is 0. The van der Waals surface area contributed by atoms with Crippen molar-refractivity contribution in [2.45, 2.75) is 49.4 Å². The first-order valence-corrected chi connectivity index (χ1v) is 6.39. The van der Waals surface area contributed by atoms with Crippen LogP contribution in [0, 0.1) is 0 Å². The predicted octanol–water partition coefficient (Wildman–Crippen LogP) is 2.18. The molecular formula is C11H15N3OS. The van der Waals surface area contributed by atoms with E-state index in [4.69, 9.17) is 0 Å². The van der Waals surface area contributed by atoms with Crippen molar-refractivity contribution in [1.82, 2.24) is 4.90 Å². The van der Waals surface area contributed by atoms with E-state index in [-0.39, 0.29) is 22.1 Å². The highest BCUT2D eigenvalue weighted by atomic mass is 32.2. The van der Waals surface area contributed by atoms with E-state index in [0.29, 0.717) is 0 Å². The fraction of sp³-hybridized carbons (Fsp3) is 0.727. The fourth-order valence-corrected chi connectivity index (χ4v) is 4.25. The van der Waals surface area contributed by atoms with Crippen molar-refractivity contribution in [2.24, 2.45) is 10.2 Å². The summed E-state index contributed by atoms with van der Waals surface area (Å²) in [4.78, 5) is 14.2. The van der Waals surface area contributed by atoms with Crippen LogP contribution in [-0.2, 0) is 4.79 Å². The second-order valence-corrected chi connectivity index (χ2v) is 7.01.